The average molecular weight is 164 g/mol. The second kappa shape index (κ2) is 5.47. The van der Waals surface area contributed by atoms with Gasteiger partial charge in [-0.2, -0.15) is 0 Å². The van der Waals surface area contributed by atoms with Crippen LogP contribution >= 0.6 is 0 Å². The van der Waals surface area contributed by atoms with Gasteiger partial charge < -0.3 is 0 Å². The first-order valence-electron chi connectivity index (χ1n) is 3.93. The van der Waals surface area contributed by atoms with Crippen LogP contribution in [0.4, 0.5) is 0 Å². The van der Waals surface area contributed by atoms with Gasteiger partial charge in [0.1, 0.15) is 0 Å². The van der Waals surface area contributed by atoms with E-state index in [0.717, 1.165) is 17.0 Å². The minimum Gasteiger partial charge on any atom is -0.269 e. The SMILES string of the molecule is C=C(N=C(C)C)/C(C)=C/N=CC. The average Bonchev–Trinajstić information content (AvgIpc) is 1.98. The first kappa shape index (κ1) is 10.8. The van der Waals surface area contributed by atoms with Gasteiger partial charge in [0, 0.05) is 18.1 Å². The third-order valence-electron chi connectivity index (χ3n) is 1.23. The predicted octanol–water partition coefficient (Wildman–Crippen LogP) is 2.98. The van der Waals surface area contributed by atoms with Crippen molar-refractivity contribution in [3.8, 4) is 0 Å². The summed E-state index contributed by atoms with van der Waals surface area (Å²) in [5.74, 6) is 0. The molecule has 12 heavy (non-hydrogen) atoms. The normalized spacial score (nSPS) is 11.8. The molecule has 0 saturated heterocycles. The van der Waals surface area contributed by atoms with E-state index >= 15 is 0 Å². The van der Waals surface area contributed by atoms with E-state index in [1.807, 2.05) is 27.7 Å². The zero-order valence-corrected chi connectivity index (χ0v) is 8.26. The summed E-state index contributed by atoms with van der Waals surface area (Å²) < 4.78 is 0. The van der Waals surface area contributed by atoms with Crippen LogP contribution in [0.5, 0.6) is 0 Å². The summed E-state index contributed by atoms with van der Waals surface area (Å²) in [4.78, 5) is 8.19. The Labute approximate surface area is 74.4 Å². The molecule has 2 heteroatoms. The van der Waals surface area contributed by atoms with Crippen molar-refractivity contribution in [2.24, 2.45) is 9.98 Å². The molecule has 0 aliphatic carbocycles. The smallest absolute Gasteiger partial charge is 0.0601 e. The molecule has 0 saturated carbocycles. The Morgan fingerprint density at radius 2 is 1.83 bits per heavy atom. The van der Waals surface area contributed by atoms with E-state index in [-0.39, 0.29) is 0 Å². The number of nitrogens with zero attached hydrogens (tertiary/aromatic N) is 2. The molecule has 0 fully saturated rings. The van der Waals surface area contributed by atoms with E-state index in [4.69, 9.17) is 0 Å². The van der Waals surface area contributed by atoms with Gasteiger partial charge in [0.05, 0.1) is 5.70 Å². The molecule has 0 amide bonds. The molecule has 0 aromatic carbocycles. The summed E-state index contributed by atoms with van der Waals surface area (Å²) in [6, 6.07) is 0. The fourth-order valence-corrected chi connectivity index (χ4v) is 0.619. The van der Waals surface area contributed by atoms with Crippen LogP contribution in [0.1, 0.15) is 27.7 Å². The van der Waals surface area contributed by atoms with Crippen LogP contribution in [0.3, 0.4) is 0 Å². The van der Waals surface area contributed by atoms with Gasteiger partial charge in [-0.15, -0.1) is 0 Å². The van der Waals surface area contributed by atoms with Gasteiger partial charge in [-0.05, 0) is 33.3 Å². The van der Waals surface area contributed by atoms with Crippen molar-refractivity contribution in [1.82, 2.24) is 0 Å². The number of aliphatic imine (C=N–C) groups is 2. The molecule has 0 rings (SSSR count). The van der Waals surface area contributed by atoms with Crippen LogP contribution in [-0.4, -0.2) is 11.9 Å². The monoisotopic (exact) mass is 164 g/mol. The van der Waals surface area contributed by atoms with Gasteiger partial charge in [0.15, 0.2) is 0 Å². The summed E-state index contributed by atoms with van der Waals surface area (Å²) in [7, 11) is 0. The second-order valence-electron chi connectivity index (χ2n) is 2.73. The fraction of sp³-hybridized carbons (Fsp3) is 0.400. The van der Waals surface area contributed by atoms with E-state index in [1.165, 1.54) is 0 Å². The first-order valence-corrected chi connectivity index (χ1v) is 3.93. The quantitative estimate of drug-likeness (QED) is 0.452. The van der Waals surface area contributed by atoms with Crippen molar-refractivity contribution in [1.29, 1.82) is 0 Å². The van der Waals surface area contributed by atoms with Gasteiger partial charge in [0.25, 0.3) is 0 Å². The Hall–Kier alpha value is -1.18. The van der Waals surface area contributed by atoms with Crippen LogP contribution in [0.15, 0.2) is 34.0 Å². The highest BCUT2D eigenvalue weighted by atomic mass is 14.8. The minimum absolute atomic E-state index is 0.778. The largest absolute Gasteiger partial charge is 0.269 e. The summed E-state index contributed by atoms with van der Waals surface area (Å²) in [5.41, 5.74) is 2.78. The molecule has 0 spiro atoms. The Kier molecular flexibility index (Phi) is 4.93. The maximum atomic E-state index is 4.21. The molecule has 0 radical (unpaired) electrons. The molecule has 0 N–H and O–H groups in total. The van der Waals surface area contributed by atoms with Crippen LogP contribution in [-0.2, 0) is 0 Å². The molecule has 0 aliphatic rings. The number of rotatable bonds is 3. The molecule has 0 aromatic rings. The Bertz CT molecular complexity index is 241. The minimum atomic E-state index is 0.778. The van der Waals surface area contributed by atoms with E-state index in [0.29, 0.717) is 0 Å². The third-order valence-corrected chi connectivity index (χ3v) is 1.23. The van der Waals surface area contributed by atoms with Crippen molar-refractivity contribution in [2.75, 3.05) is 0 Å². The molecular formula is C10H16N2. The lowest BCUT2D eigenvalue weighted by atomic mass is 10.2. The van der Waals surface area contributed by atoms with Gasteiger partial charge in [0.2, 0.25) is 0 Å². The maximum absolute atomic E-state index is 4.21. The molecule has 66 valence electrons. The highest BCUT2D eigenvalue weighted by Crippen LogP contribution is 2.08. The summed E-state index contributed by atoms with van der Waals surface area (Å²) >= 11 is 0. The Morgan fingerprint density at radius 3 is 2.25 bits per heavy atom. The van der Waals surface area contributed by atoms with Crippen LogP contribution < -0.4 is 0 Å². The van der Waals surface area contributed by atoms with Crippen molar-refractivity contribution < 1.29 is 0 Å². The summed E-state index contributed by atoms with van der Waals surface area (Å²) in [6.45, 7) is 11.5. The van der Waals surface area contributed by atoms with Crippen LogP contribution in [0, 0.1) is 0 Å². The molecule has 0 bridgehead atoms. The fourth-order valence-electron chi connectivity index (χ4n) is 0.619. The highest BCUT2D eigenvalue weighted by molar-refractivity contribution is 5.80. The topological polar surface area (TPSA) is 24.7 Å². The highest BCUT2D eigenvalue weighted by Gasteiger charge is 1.92. The van der Waals surface area contributed by atoms with Gasteiger partial charge in [-0.25, -0.2) is 0 Å². The van der Waals surface area contributed by atoms with E-state index in [9.17, 15) is 0 Å². The number of hydrogen-bond acceptors (Lipinski definition) is 2. The molecular weight excluding hydrogens is 148 g/mol. The predicted molar refractivity (Wildman–Crippen MR) is 55.8 cm³/mol. The zero-order chi connectivity index (χ0) is 9.56. The lowest BCUT2D eigenvalue weighted by Gasteiger charge is -1.98. The second-order valence-corrected chi connectivity index (χ2v) is 2.73. The maximum Gasteiger partial charge on any atom is 0.0601 e. The molecule has 0 aromatic heterocycles. The van der Waals surface area contributed by atoms with Crippen molar-refractivity contribution in [3.05, 3.63) is 24.0 Å². The Morgan fingerprint density at radius 1 is 1.25 bits per heavy atom. The van der Waals surface area contributed by atoms with Gasteiger partial charge >= 0.3 is 0 Å². The summed E-state index contributed by atoms with van der Waals surface area (Å²) in [5, 5.41) is 0. The molecule has 2 nitrogen and oxygen atoms in total. The van der Waals surface area contributed by atoms with E-state index in [1.54, 1.807) is 12.4 Å². The number of allylic oxidation sites excluding steroid dienone is 1. The van der Waals surface area contributed by atoms with Crippen molar-refractivity contribution in [3.63, 3.8) is 0 Å². The summed E-state index contributed by atoms with van der Waals surface area (Å²) in [6.07, 6.45) is 3.49. The van der Waals surface area contributed by atoms with Gasteiger partial charge in [-0.1, -0.05) is 6.58 Å². The standard InChI is InChI=1S/C10H16N2/c1-6-11-7-9(4)10(5)12-8(2)3/h6-7H,5H2,1-4H3/b9-7+,11-6?. The molecule has 0 heterocycles. The zero-order valence-electron chi connectivity index (χ0n) is 8.26. The van der Waals surface area contributed by atoms with Crippen molar-refractivity contribution in [2.45, 2.75) is 27.7 Å². The Balaban J connectivity index is 4.40. The lowest BCUT2D eigenvalue weighted by molar-refractivity contribution is 1.26. The number of hydrogen-bond donors (Lipinski definition) is 0. The third kappa shape index (κ3) is 4.61. The van der Waals surface area contributed by atoms with Crippen molar-refractivity contribution >= 4 is 11.9 Å². The molecule has 0 aliphatic heterocycles. The first-order chi connectivity index (χ1) is 5.57. The van der Waals surface area contributed by atoms with E-state index in [2.05, 4.69) is 16.6 Å². The van der Waals surface area contributed by atoms with Gasteiger partial charge in [-0.3, -0.25) is 9.98 Å². The lowest BCUT2D eigenvalue weighted by Crippen LogP contribution is -1.85. The van der Waals surface area contributed by atoms with E-state index < -0.39 is 0 Å². The molecule has 0 atom stereocenters. The van der Waals surface area contributed by atoms with Crippen LogP contribution in [0.2, 0.25) is 0 Å². The van der Waals surface area contributed by atoms with Crippen LogP contribution in [0.25, 0.3) is 0 Å². The molecule has 0 unspecified atom stereocenters.